The van der Waals surface area contributed by atoms with Crippen molar-refractivity contribution in [3.63, 3.8) is 0 Å². The highest BCUT2D eigenvalue weighted by Crippen LogP contribution is 2.36. The molecule has 5 heteroatoms. The van der Waals surface area contributed by atoms with Gasteiger partial charge in [0.1, 0.15) is 5.82 Å². The van der Waals surface area contributed by atoms with E-state index in [9.17, 15) is 9.18 Å². The van der Waals surface area contributed by atoms with Crippen molar-refractivity contribution in [1.82, 2.24) is 9.80 Å². The Hall–Kier alpha value is -3.62. The van der Waals surface area contributed by atoms with Gasteiger partial charge in [0.2, 0.25) is 0 Å². The maximum Gasteiger partial charge on any atom is 0.321 e. The van der Waals surface area contributed by atoms with Gasteiger partial charge in [-0.2, -0.15) is 0 Å². The second kappa shape index (κ2) is 10.1. The minimum atomic E-state index is -0.311. The molecule has 2 fully saturated rings. The van der Waals surface area contributed by atoms with Gasteiger partial charge in [-0.15, -0.1) is 0 Å². The van der Waals surface area contributed by atoms with Crippen molar-refractivity contribution in [3.8, 4) is 11.8 Å². The molecule has 3 aromatic carbocycles. The smallest absolute Gasteiger partial charge is 0.321 e. The van der Waals surface area contributed by atoms with Crippen LogP contribution in [0.3, 0.4) is 0 Å². The summed E-state index contributed by atoms with van der Waals surface area (Å²) in [6.45, 7) is 3.52. The monoisotopic (exact) mass is 453 g/mol. The highest BCUT2D eigenvalue weighted by molar-refractivity contribution is 5.89. The normalized spacial score (nSPS) is 20.1. The van der Waals surface area contributed by atoms with E-state index in [0.29, 0.717) is 24.2 Å². The first kappa shape index (κ1) is 22.2. The Morgan fingerprint density at radius 3 is 2.24 bits per heavy atom. The van der Waals surface area contributed by atoms with E-state index in [0.717, 1.165) is 43.6 Å². The van der Waals surface area contributed by atoms with Crippen LogP contribution in [0.25, 0.3) is 0 Å². The molecule has 0 unspecified atom stereocenters. The molecular weight excluding hydrogens is 425 g/mol. The molecule has 0 saturated carbocycles. The number of hydrogen-bond donors (Lipinski definition) is 1. The van der Waals surface area contributed by atoms with Crippen LogP contribution in [0.4, 0.5) is 14.9 Å². The molecule has 2 amide bonds. The van der Waals surface area contributed by atoms with Gasteiger partial charge in [0.05, 0.1) is 0 Å². The lowest BCUT2D eigenvalue weighted by atomic mass is 9.81. The lowest BCUT2D eigenvalue weighted by Gasteiger charge is -2.51. The molecular formula is C29H28FN3O. The summed E-state index contributed by atoms with van der Waals surface area (Å²) >= 11 is 0. The SMILES string of the molecule is O=C(Nc1ccc(F)cc1)N1CCCCN2C[C@H](c3ccc(C#Cc4ccccc4)cc3)[C@@H]2C1. The van der Waals surface area contributed by atoms with E-state index < -0.39 is 0 Å². The van der Waals surface area contributed by atoms with Gasteiger partial charge in [-0.05, 0) is 73.5 Å². The fraction of sp³-hybridized carbons (Fsp3) is 0.276. The second-order valence-electron chi connectivity index (χ2n) is 9.00. The van der Waals surface area contributed by atoms with Crippen molar-refractivity contribution in [2.24, 2.45) is 0 Å². The number of hydrogen-bond acceptors (Lipinski definition) is 2. The Kier molecular flexibility index (Phi) is 6.60. The third kappa shape index (κ3) is 5.13. The van der Waals surface area contributed by atoms with Crippen molar-refractivity contribution < 1.29 is 9.18 Å². The summed E-state index contributed by atoms with van der Waals surface area (Å²) < 4.78 is 13.2. The molecule has 0 aromatic heterocycles. The standard InChI is InChI=1S/C29H28FN3O/c30-25-14-16-26(17-15-25)31-29(34)33-19-5-4-18-32-20-27(28(32)21-33)24-12-10-23(11-13-24)9-8-22-6-2-1-3-7-22/h1-3,6-7,10-17,27-28H,4-5,18-21H2,(H,31,34)/t27-,28+/m1/s1. The first-order chi connectivity index (χ1) is 16.7. The highest BCUT2D eigenvalue weighted by atomic mass is 19.1. The summed E-state index contributed by atoms with van der Waals surface area (Å²) in [5.74, 6) is 6.54. The van der Waals surface area contributed by atoms with Crippen LogP contribution >= 0.6 is 0 Å². The first-order valence-electron chi connectivity index (χ1n) is 11.9. The van der Waals surface area contributed by atoms with E-state index in [2.05, 4.69) is 46.3 Å². The number of benzene rings is 3. The summed E-state index contributed by atoms with van der Waals surface area (Å²) in [5, 5.41) is 2.92. The molecule has 0 spiro atoms. The molecule has 2 aliphatic heterocycles. The fourth-order valence-electron chi connectivity index (χ4n) is 4.79. The van der Waals surface area contributed by atoms with Crippen LogP contribution in [-0.2, 0) is 0 Å². The predicted molar refractivity (Wildman–Crippen MR) is 133 cm³/mol. The molecule has 3 aromatic rings. The Balaban J connectivity index is 1.25. The Bertz CT molecular complexity index is 1180. The molecule has 0 aliphatic carbocycles. The van der Waals surface area contributed by atoms with Crippen molar-refractivity contribution in [1.29, 1.82) is 0 Å². The van der Waals surface area contributed by atoms with Gasteiger partial charge in [-0.1, -0.05) is 42.2 Å². The van der Waals surface area contributed by atoms with Gasteiger partial charge in [0.25, 0.3) is 0 Å². The number of rotatable bonds is 2. The Labute approximate surface area is 200 Å². The van der Waals surface area contributed by atoms with E-state index in [-0.39, 0.29) is 11.8 Å². The van der Waals surface area contributed by atoms with Gasteiger partial charge < -0.3 is 10.2 Å². The zero-order chi connectivity index (χ0) is 23.3. The Morgan fingerprint density at radius 2 is 1.50 bits per heavy atom. The van der Waals surface area contributed by atoms with Crippen LogP contribution in [0.1, 0.15) is 35.4 Å². The van der Waals surface area contributed by atoms with Crippen LogP contribution < -0.4 is 5.32 Å². The lowest BCUT2D eigenvalue weighted by Crippen LogP contribution is -2.61. The van der Waals surface area contributed by atoms with Gasteiger partial charge in [0.15, 0.2) is 0 Å². The molecule has 1 N–H and O–H groups in total. The molecule has 5 rings (SSSR count). The zero-order valence-electron chi connectivity index (χ0n) is 19.1. The third-order valence-electron chi connectivity index (χ3n) is 6.74. The number of nitrogens with one attached hydrogen (secondary N) is 1. The number of fused-ring (bicyclic) bond motifs is 1. The maximum absolute atomic E-state index is 13.2. The van der Waals surface area contributed by atoms with Crippen LogP contribution in [0.2, 0.25) is 0 Å². The van der Waals surface area contributed by atoms with E-state index >= 15 is 0 Å². The van der Waals surface area contributed by atoms with Crippen molar-refractivity contribution in [3.05, 3.63) is 101 Å². The van der Waals surface area contributed by atoms with Crippen LogP contribution in [-0.4, -0.2) is 48.1 Å². The maximum atomic E-state index is 13.2. The Morgan fingerprint density at radius 1 is 0.824 bits per heavy atom. The predicted octanol–water partition coefficient (Wildman–Crippen LogP) is 5.32. The number of nitrogens with zero attached hydrogens (tertiary/aromatic N) is 2. The minimum Gasteiger partial charge on any atom is -0.323 e. The average molecular weight is 454 g/mol. The molecule has 2 atom stereocenters. The van der Waals surface area contributed by atoms with Crippen molar-refractivity contribution >= 4 is 11.7 Å². The molecule has 4 nitrogen and oxygen atoms in total. The van der Waals surface area contributed by atoms with Gasteiger partial charge in [0, 0.05) is 48.4 Å². The number of amides is 2. The van der Waals surface area contributed by atoms with Gasteiger partial charge in [-0.25, -0.2) is 9.18 Å². The molecule has 34 heavy (non-hydrogen) atoms. The molecule has 0 bridgehead atoms. The largest absolute Gasteiger partial charge is 0.323 e. The topological polar surface area (TPSA) is 35.6 Å². The van der Waals surface area contributed by atoms with Crippen LogP contribution in [0.15, 0.2) is 78.9 Å². The third-order valence-corrected chi connectivity index (χ3v) is 6.74. The fourth-order valence-corrected chi connectivity index (χ4v) is 4.79. The number of carbonyl (C=O) groups is 1. The number of anilines is 1. The van der Waals surface area contributed by atoms with Crippen molar-refractivity contribution in [2.45, 2.75) is 24.8 Å². The number of urea groups is 1. The zero-order valence-corrected chi connectivity index (χ0v) is 19.1. The summed E-state index contributed by atoms with van der Waals surface area (Å²) in [7, 11) is 0. The summed E-state index contributed by atoms with van der Waals surface area (Å²) in [4.78, 5) is 17.4. The van der Waals surface area contributed by atoms with Crippen LogP contribution in [0.5, 0.6) is 0 Å². The highest BCUT2D eigenvalue weighted by Gasteiger charge is 2.41. The molecule has 0 radical (unpaired) electrons. The first-order valence-corrected chi connectivity index (χ1v) is 11.9. The van der Waals surface area contributed by atoms with E-state index in [1.807, 2.05) is 35.2 Å². The molecule has 2 aliphatic rings. The molecule has 2 heterocycles. The summed E-state index contributed by atoms with van der Waals surface area (Å²) in [5.41, 5.74) is 3.92. The lowest BCUT2D eigenvalue weighted by molar-refractivity contribution is 0.0272. The average Bonchev–Trinajstić information content (AvgIpc) is 2.85. The second-order valence-corrected chi connectivity index (χ2v) is 9.00. The van der Waals surface area contributed by atoms with Gasteiger partial charge in [-0.3, -0.25) is 4.90 Å². The van der Waals surface area contributed by atoms with E-state index in [1.165, 1.54) is 17.7 Å². The molecule has 2 saturated heterocycles. The summed E-state index contributed by atoms with van der Waals surface area (Å²) in [6.07, 6.45) is 2.07. The van der Waals surface area contributed by atoms with E-state index in [1.54, 1.807) is 12.1 Å². The van der Waals surface area contributed by atoms with Crippen LogP contribution in [0, 0.1) is 17.7 Å². The van der Waals surface area contributed by atoms with E-state index in [4.69, 9.17) is 0 Å². The quantitative estimate of drug-likeness (QED) is 0.533. The van der Waals surface area contributed by atoms with Crippen molar-refractivity contribution in [2.75, 3.05) is 31.5 Å². The minimum absolute atomic E-state index is 0.120. The summed E-state index contributed by atoms with van der Waals surface area (Å²) in [6, 6.07) is 24.6. The van der Waals surface area contributed by atoms with Gasteiger partial charge >= 0.3 is 6.03 Å². The number of halogens is 1. The molecule has 172 valence electrons. The number of carbonyl (C=O) groups excluding carboxylic acids is 1.